The molecule has 27 heavy (non-hydrogen) atoms. The minimum atomic E-state index is -3.70. The lowest BCUT2D eigenvalue weighted by molar-refractivity contribution is 0.498. The lowest BCUT2D eigenvalue weighted by atomic mass is 10.3. The highest BCUT2D eigenvalue weighted by Crippen LogP contribution is 2.20. The number of nitriles is 1. The molecule has 0 fully saturated rings. The van der Waals surface area contributed by atoms with Crippen LogP contribution >= 0.6 is 11.3 Å². The number of hydrogen-bond acceptors (Lipinski definition) is 7. The fraction of sp³-hybridized carbons (Fsp3) is 0.111. The summed E-state index contributed by atoms with van der Waals surface area (Å²) in [6.45, 7) is 1.92. The predicted octanol–water partition coefficient (Wildman–Crippen LogP) is 3.50. The second-order valence-electron chi connectivity index (χ2n) is 5.54. The van der Waals surface area contributed by atoms with E-state index in [1.165, 1.54) is 35.9 Å². The normalized spacial score (nSPS) is 11.9. The van der Waals surface area contributed by atoms with E-state index >= 15 is 0 Å². The van der Waals surface area contributed by atoms with E-state index in [1.54, 1.807) is 24.3 Å². The molecule has 3 rings (SSSR count). The molecule has 2 aromatic heterocycles. The van der Waals surface area contributed by atoms with E-state index in [4.69, 9.17) is 4.42 Å². The van der Waals surface area contributed by atoms with Gasteiger partial charge in [0.05, 0.1) is 17.7 Å². The number of allylic oxidation sites excluding steroid dienone is 1. The standard InChI is InChI=1S/C18H16N4O3S2/c1-13-12-26-18(22-13)14(9-19)10-20-15-4-2-6-17(8-15)27(23,24)21-11-16-5-3-7-25-16/h2-8,10,12,20-21H,11H2,1H3/b14-10+. The van der Waals surface area contributed by atoms with Crippen LogP contribution in [-0.4, -0.2) is 13.4 Å². The Hall–Kier alpha value is -2.93. The smallest absolute Gasteiger partial charge is 0.241 e. The zero-order chi connectivity index (χ0) is 19.3. The summed E-state index contributed by atoms with van der Waals surface area (Å²) >= 11 is 1.37. The molecule has 138 valence electrons. The highest BCUT2D eigenvalue weighted by atomic mass is 32.2. The number of anilines is 1. The number of hydrogen-bond donors (Lipinski definition) is 2. The summed E-state index contributed by atoms with van der Waals surface area (Å²) in [4.78, 5) is 4.38. The molecule has 0 spiro atoms. The van der Waals surface area contributed by atoms with Crippen molar-refractivity contribution < 1.29 is 12.8 Å². The summed E-state index contributed by atoms with van der Waals surface area (Å²) in [5, 5.41) is 14.7. The zero-order valence-electron chi connectivity index (χ0n) is 14.3. The van der Waals surface area contributed by atoms with Crippen molar-refractivity contribution in [3.05, 3.63) is 70.7 Å². The second-order valence-corrected chi connectivity index (χ2v) is 8.16. The van der Waals surface area contributed by atoms with Gasteiger partial charge in [-0.3, -0.25) is 0 Å². The fourth-order valence-electron chi connectivity index (χ4n) is 2.19. The molecule has 0 unspecified atom stereocenters. The Bertz CT molecular complexity index is 1090. The number of nitrogens with zero attached hydrogens (tertiary/aromatic N) is 2. The Balaban J connectivity index is 1.75. The lowest BCUT2D eigenvalue weighted by Gasteiger charge is -2.08. The molecule has 0 atom stereocenters. The van der Waals surface area contributed by atoms with E-state index in [9.17, 15) is 13.7 Å². The van der Waals surface area contributed by atoms with Crippen molar-refractivity contribution in [2.75, 3.05) is 5.32 Å². The second kappa shape index (κ2) is 8.18. The van der Waals surface area contributed by atoms with Crippen molar-refractivity contribution >= 4 is 32.6 Å². The topological polar surface area (TPSA) is 108 Å². The van der Waals surface area contributed by atoms with Gasteiger partial charge in [0.25, 0.3) is 0 Å². The number of sulfonamides is 1. The first-order chi connectivity index (χ1) is 13.0. The SMILES string of the molecule is Cc1csc(/C(C#N)=C/Nc2cccc(S(=O)(=O)NCc3ccco3)c2)n1. The third-order valence-corrected chi connectivity index (χ3v) is 5.91. The quantitative estimate of drug-likeness (QED) is 0.588. The van der Waals surface area contributed by atoms with Crippen molar-refractivity contribution in [1.82, 2.24) is 9.71 Å². The van der Waals surface area contributed by atoms with E-state index in [0.717, 1.165) is 5.69 Å². The van der Waals surface area contributed by atoms with Crippen LogP contribution in [0.2, 0.25) is 0 Å². The summed E-state index contributed by atoms with van der Waals surface area (Å²) in [6.07, 6.45) is 3.00. The Morgan fingerprint density at radius 3 is 2.89 bits per heavy atom. The predicted molar refractivity (Wildman–Crippen MR) is 103 cm³/mol. The Kier molecular flexibility index (Phi) is 5.71. The van der Waals surface area contributed by atoms with Crippen LogP contribution in [0.5, 0.6) is 0 Å². The number of aromatic nitrogens is 1. The minimum absolute atomic E-state index is 0.0644. The van der Waals surface area contributed by atoms with E-state index in [-0.39, 0.29) is 11.4 Å². The van der Waals surface area contributed by atoms with Gasteiger partial charge in [0, 0.05) is 23.0 Å². The fourth-order valence-corrected chi connectivity index (χ4v) is 3.99. The van der Waals surface area contributed by atoms with Crippen molar-refractivity contribution in [3.8, 4) is 6.07 Å². The van der Waals surface area contributed by atoms with Crippen LogP contribution in [0.1, 0.15) is 16.5 Å². The van der Waals surface area contributed by atoms with E-state index < -0.39 is 10.0 Å². The summed E-state index contributed by atoms with van der Waals surface area (Å²) in [5.41, 5.74) is 1.75. The summed E-state index contributed by atoms with van der Waals surface area (Å²) < 4.78 is 32.5. The molecule has 3 aromatic rings. The van der Waals surface area contributed by atoms with Crippen molar-refractivity contribution in [1.29, 1.82) is 5.26 Å². The monoisotopic (exact) mass is 400 g/mol. The van der Waals surface area contributed by atoms with Crippen LogP contribution in [0.4, 0.5) is 5.69 Å². The molecule has 0 aliphatic heterocycles. The third kappa shape index (κ3) is 4.83. The van der Waals surface area contributed by atoms with Gasteiger partial charge < -0.3 is 9.73 Å². The molecule has 9 heteroatoms. The van der Waals surface area contributed by atoms with Crippen molar-refractivity contribution in [3.63, 3.8) is 0 Å². The Morgan fingerprint density at radius 2 is 2.22 bits per heavy atom. The van der Waals surface area contributed by atoms with Crippen LogP contribution in [0.3, 0.4) is 0 Å². The molecular weight excluding hydrogens is 384 g/mol. The molecule has 0 amide bonds. The van der Waals surface area contributed by atoms with E-state index in [0.29, 0.717) is 22.0 Å². The van der Waals surface area contributed by atoms with Gasteiger partial charge in [0.15, 0.2) is 0 Å². The van der Waals surface area contributed by atoms with Gasteiger partial charge in [-0.05, 0) is 37.3 Å². The van der Waals surface area contributed by atoms with Crippen molar-refractivity contribution in [2.45, 2.75) is 18.4 Å². The van der Waals surface area contributed by atoms with Gasteiger partial charge >= 0.3 is 0 Å². The molecule has 1 aromatic carbocycles. The Morgan fingerprint density at radius 1 is 1.37 bits per heavy atom. The Labute approximate surface area is 161 Å². The van der Waals surface area contributed by atoms with Crippen LogP contribution in [0.15, 0.2) is 63.6 Å². The van der Waals surface area contributed by atoms with Gasteiger partial charge in [-0.15, -0.1) is 11.3 Å². The number of thiazole rings is 1. The van der Waals surface area contributed by atoms with Gasteiger partial charge in [-0.25, -0.2) is 18.1 Å². The summed E-state index contributed by atoms with van der Waals surface area (Å²) in [7, 11) is -3.70. The highest BCUT2D eigenvalue weighted by Gasteiger charge is 2.15. The lowest BCUT2D eigenvalue weighted by Crippen LogP contribution is -2.23. The molecule has 0 bridgehead atoms. The maximum Gasteiger partial charge on any atom is 0.241 e. The van der Waals surface area contributed by atoms with Crippen LogP contribution in [0, 0.1) is 18.3 Å². The zero-order valence-corrected chi connectivity index (χ0v) is 16.0. The molecule has 2 heterocycles. The number of benzene rings is 1. The molecule has 0 aliphatic carbocycles. The number of nitrogens with one attached hydrogen (secondary N) is 2. The molecule has 2 N–H and O–H groups in total. The summed E-state index contributed by atoms with van der Waals surface area (Å²) in [6, 6.07) is 11.8. The van der Waals surface area contributed by atoms with Crippen molar-refractivity contribution in [2.24, 2.45) is 0 Å². The molecular formula is C18H16N4O3S2. The first-order valence-corrected chi connectivity index (χ1v) is 10.3. The molecule has 0 radical (unpaired) electrons. The number of aryl methyl sites for hydroxylation is 1. The van der Waals surface area contributed by atoms with Crippen LogP contribution < -0.4 is 10.0 Å². The van der Waals surface area contributed by atoms with E-state index in [2.05, 4.69) is 21.1 Å². The maximum atomic E-state index is 12.4. The minimum Gasteiger partial charge on any atom is -0.468 e. The largest absolute Gasteiger partial charge is 0.468 e. The molecule has 7 nitrogen and oxygen atoms in total. The number of furan rings is 1. The molecule has 0 saturated carbocycles. The van der Waals surface area contributed by atoms with Crippen LogP contribution in [-0.2, 0) is 16.6 Å². The van der Waals surface area contributed by atoms with Gasteiger partial charge in [-0.1, -0.05) is 6.07 Å². The van der Waals surface area contributed by atoms with Gasteiger partial charge in [0.2, 0.25) is 10.0 Å². The van der Waals surface area contributed by atoms with Gasteiger partial charge in [-0.2, -0.15) is 5.26 Å². The molecule has 0 aliphatic rings. The third-order valence-electron chi connectivity index (χ3n) is 3.51. The summed E-state index contributed by atoms with van der Waals surface area (Å²) in [5.74, 6) is 0.521. The van der Waals surface area contributed by atoms with E-state index in [1.807, 2.05) is 12.3 Å². The number of rotatable bonds is 7. The highest BCUT2D eigenvalue weighted by molar-refractivity contribution is 7.89. The average Bonchev–Trinajstić information content (AvgIpc) is 3.33. The van der Waals surface area contributed by atoms with Crippen LogP contribution in [0.25, 0.3) is 5.57 Å². The first kappa shape index (κ1) is 18.8. The maximum absolute atomic E-state index is 12.4. The average molecular weight is 400 g/mol. The first-order valence-electron chi connectivity index (χ1n) is 7.89. The van der Waals surface area contributed by atoms with Gasteiger partial charge in [0.1, 0.15) is 22.4 Å². The molecule has 0 saturated heterocycles.